The minimum Gasteiger partial charge on any atom is -0.324 e. The Balaban J connectivity index is 2.02. The summed E-state index contributed by atoms with van der Waals surface area (Å²) in [5.41, 5.74) is 1.68. The molecule has 21 heavy (non-hydrogen) atoms. The molecule has 0 spiro atoms. The molecule has 114 valence electrons. The summed E-state index contributed by atoms with van der Waals surface area (Å²) in [6, 6.07) is 3.72. The molecule has 0 N–H and O–H groups in total. The Hall–Kier alpha value is -0.610. The Morgan fingerprint density at radius 3 is 2.67 bits per heavy atom. The normalized spacial score (nSPS) is 22.9. The first-order valence-electron chi connectivity index (χ1n) is 7.55. The third-order valence-electron chi connectivity index (χ3n) is 4.68. The summed E-state index contributed by atoms with van der Waals surface area (Å²) in [5.74, 6) is 1.80. The molecule has 0 radical (unpaired) electrons. The number of fused-ring (bicyclic) bond motifs is 1. The highest BCUT2D eigenvalue weighted by Crippen LogP contribution is 2.37. The van der Waals surface area contributed by atoms with Crippen LogP contribution in [0.25, 0.3) is 11.0 Å². The van der Waals surface area contributed by atoms with E-state index in [0.29, 0.717) is 16.4 Å². The zero-order chi connectivity index (χ0) is 15.0. The topological polar surface area (TPSA) is 17.8 Å². The van der Waals surface area contributed by atoms with Gasteiger partial charge in [0.2, 0.25) is 0 Å². The van der Waals surface area contributed by atoms with Crippen molar-refractivity contribution in [3.63, 3.8) is 0 Å². The van der Waals surface area contributed by atoms with Gasteiger partial charge in [-0.05, 0) is 53.6 Å². The fourth-order valence-electron chi connectivity index (χ4n) is 3.45. The lowest BCUT2D eigenvalue weighted by atomic mass is 9.84. The number of alkyl halides is 1. The fraction of sp³-hybridized carbons (Fsp3) is 0.562. The van der Waals surface area contributed by atoms with Crippen molar-refractivity contribution in [3.8, 4) is 0 Å². The van der Waals surface area contributed by atoms with Crippen molar-refractivity contribution >= 4 is 38.6 Å². The SMILES string of the molecule is CCC1CCC(n2c(CCl)nc3cc(Br)c(F)cc32)CC1. The van der Waals surface area contributed by atoms with Gasteiger partial charge in [0, 0.05) is 12.1 Å². The highest BCUT2D eigenvalue weighted by atomic mass is 79.9. The molecule has 1 aliphatic rings. The first-order chi connectivity index (χ1) is 10.1. The number of imidazole rings is 1. The van der Waals surface area contributed by atoms with Crippen molar-refractivity contribution in [2.75, 3.05) is 0 Å². The smallest absolute Gasteiger partial charge is 0.139 e. The van der Waals surface area contributed by atoms with Crippen molar-refractivity contribution < 1.29 is 4.39 Å². The van der Waals surface area contributed by atoms with Gasteiger partial charge in [0.1, 0.15) is 11.6 Å². The molecule has 1 aromatic carbocycles. The molecule has 1 heterocycles. The van der Waals surface area contributed by atoms with Crippen LogP contribution in [0, 0.1) is 11.7 Å². The molecule has 0 atom stereocenters. The number of benzene rings is 1. The first kappa shape index (κ1) is 15.3. The largest absolute Gasteiger partial charge is 0.324 e. The van der Waals surface area contributed by atoms with Gasteiger partial charge in [0.15, 0.2) is 0 Å². The Bertz CT molecular complexity index is 647. The van der Waals surface area contributed by atoms with Crippen LogP contribution in [0.2, 0.25) is 0 Å². The van der Waals surface area contributed by atoms with Crippen LogP contribution in [-0.4, -0.2) is 9.55 Å². The van der Waals surface area contributed by atoms with Gasteiger partial charge in [-0.25, -0.2) is 9.37 Å². The average molecular weight is 374 g/mol. The van der Waals surface area contributed by atoms with Gasteiger partial charge in [-0.2, -0.15) is 0 Å². The molecule has 5 heteroatoms. The minimum absolute atomic E-state index is 0.244. The van der Waals surface area contributed by atoms with E-state index in [9.17, 15) is 4.39 Å². The van der Waals surface area contributed by atoms with Crippen molar-refractivity contribution in [2.45, 2.75) is 50.9 Å². The van der Waals surface area contributed by atoms with Gasteiger partial charge in [-0.3, -0.25) is 0 Å². The van der Waals surface area contributed by atoms with Crippen LogP contribution in [0.1, 0.15) is 50.9 Å². The van der Waals surface area contributed by atoms with Crippen molar-refractivity contribution in [3.05, 3.63) is 28.2 Å². The molecular formula is C16H19BrClFN2. The van der Waals surface area contributed by atoms with Gasteiger partial charge in [-0.1, -0.05) is 13.3 Å². The Morgan fingerprint density at radius 1 is 1.33 bits per heavy atom. The van der Waals surface area contributed by atoms with Gasteiger partial charge < -0.3 is 4.57 Å². The summed E-state index contributed by atoms with van der Waals surface area (Å²) in [6.45, 7) is 2.26. The molecule has 1 fully saturated rings. The van der Waals surface area contributed by atoms with Crippen molar-refractivity contribution in [1.29, 1.82) is 0 Å². The molecule has 0 saturated heterocycles. The Kier molecular flexibility index (Phi) is 4.55. The molecule has 1 saturated carbocycles. The zero-order valence-corrected chi connectivity index (χ0v) is 14.4. The Morgan fingerprint density at radius 2 is 2.05 bits per heavy atom. The minimum atomic E-state index is -0.244. The molecule has 0 aliphatic heterocycles. The van der Waals surface area contributed by atoms with Crippen LogP contribution < -0.4 is 0 Å². The number of rotatable bonds is 3. The maximum absolute atomic E-state index is 13.9. The monoisotopic (exact) mass is 372 g/mol. The van der Waals surface area contributed by atoms with E-state index in [1.165, 1.54) is 19.3 Å². The summed E-state index contributed by atoms with van der Waals surface area (Å²) >= 11 is 9.30. The van der Waals surface area contributed by atoms with Crippen LogP contribution in [0.3, 0.4) is 0 Å². The third kappa shape index (κ3) is 2.85. The lowest BCUT2D eigenvalue weighted by molar-refractivity contribution is 0.270. The van der Waals surface area contributed by atoms with Crippen LogP contribution in [0.4, 0.5) is 4.39 Å². The van der Waals surface area contributed by atoms with E-state index in [2.05, 4.69) is 32.4 Å². The van der Waals surface area contributed by atoms with E-state index in [1.807, 2.05) is 0 Å². The molecular weight excluding hydrogens is 355 g/mol. The molecule has 0 bridgehead atoms. The second-order valence-corrected chi connectivity index (χ2v) is 6.99. The lowest BCUT2D eigenvalue weighted by Crippen LogP contribution is -2.19. The molecule has 0 amide bonds. The summed E-state index contributed by atoms with van der Waals surface area (Å²) < 4.78 is 16.5. The molecule has 2 aromatic rings. The summed E-state index contributed by atoms with van der Waals surface area (Å²) in [5, 5.41) is 0. The second-order valence-electron chi connectivity index (χ2n) is 5.87. The van der Waals surface area contributed by atoms with Crippen LogP contribution in [0.15, 0.2) is 16.6 Å². The number of hydrogen-bond acceptors (Lipinski definition) is 1. The standard InChI is InChI=1S/C16H19BrClFN2/c1-2-10-3-5-11(6-4-10)21-15-8-13(19)12(17)7-14(15)20-16(21)9-18/h7-8,10-11H,2-6,9H2,1H3. The maximum Gasteiger partial charge on any atom is 0.139 e. The molecule has 1 aromatic heterocycles. The number of hydrogen-bond donors (Lipinski definition) is 0. The lowest BCUT2D eigenvalue weighted by Gasteiger charge is -2.30. The van der Waals surface area contributed by atoms with Crippen molar-refractivity contribution in [1.82, 2.24) is 9.55 Å². The first-order valence-corrected chi connectivity index (χ1v) is 8.88. The summed E-state index contributed by atoms with van der Waals surface area (Å²) in [6.07, 6.45) is 5.99. The van der Waals surface area contributed by atoms with Gasteiger partial charge >= 0.3 is 0 Å². The van der Waals surface area contributed by atoms with Crippen LogP contribution in [0.5, 0.6) is 0 Å². The highest BCUT2D eigenvalue weighted by Gasteiger charge is 2.25. The number of aromatic nitrogens is 2. The molecule has 3 rings (SSSR count). The number of nitrogens with zero attached hydrogens (tertiary/aromatic N) is 2. The van der Waals surface area contributed by atoms with Crippen LogP contribution >= 0.6 is 27.5 Å². The summed E-state index contributed by atoms with van der Waals surface area (Å²) in [4.78, 5) is 4.58. The predicted octanol–water partition coefficient (Wildman–Crippen LogP) is 5.82. The van der Waals surface area contributed by atoms with Gasteiger partial charge in [-0.15, -0.1) is 11.6 Å². The summed E-state index contributed by atoms with van der Waals surface area (Å²) in [7, 11) is 0. The number of halogens is 3. The predicted molar refractivity (Wildman–Crippen MR) is 88.2 cm³/mol. The molecule has 1 aliphatic carbocycles. The Labute approximate surface area is 137 Å². The molecule has 2 nitrogen and oxygen atoms in total. The van der Waals surface area contributed by atoms with Gasteiger partial charge in [0.05, 0.1) is 21.4 Å². The van der Waals surface area contributed by atoms with Crippen molar-refractivity contribution in [2.24, 2.45) is 5.92 Å². The average Bonchev–Trinajstić information content (AvgIpc) is 2.85. The molecule has 0 unspecified atom stereocenters. The van der Waals surface area contributed by atoms with E-state index < -0.39 is 0 Å². The maximum atomic E-state index is 13.9. The van der Waals surface area contributed by atoms with Crippen LogP contribution in [-0.2, 0) is 5.88 Å². The second kappa shape index (κ2) is 6.25. The van der Waals surface area contributed by atoms with E-state index in [-0.39, 0.29) is 5.82 Å². The zero-order valence-electron chi connectivity index (χ0n) is 12.1. The third-order valence-corrected chi connectivity index (χ3v) is 5.53. The van der Waals surface area contributed by atoms with Gasteiger partial charge in [0.25, 0.3) is 0 Å². The van der Waals surface area contributed by atoms with E-state index >= 15 is 0 Å². The van der Waals surface area contributed by atoms with E-state index in [0.717, 1.165) is 35.6 Å². The van der Waals surface area contributed by atoms with E-state index in [4.69, 9.17) is 11.6 Å². The van der Waals surface area contributed by atoms with E-state index in [1.54, 1.807) is 12.1 Å². The fourth-order valence-corrected chi connectivity index (χ4v) is 3.97. The quantitative estimate of drug-likeness (QED) is 0.620. The highest BCUT2D eigenvalue weighted by molar-refractivity contribution is 9.10.